The molecule has 108 valence electrons. The van der Waals surface area contributed by atoms with Crippen LogP contribution in [0.25, 0.3) is 0 Å². The first-order chi connectivity index (χ1) is 8.96. The smallest absolute Gasteiger partial charge is 0.119 e. The lowest BCUT2D eigenvalue weighted by Gasteiger charge is -2.26. The summed E-state index contributed by atoms with van der Waals surface area (Å²) in [5.41, 5.74) is 5.29. The van der Waals surface area contributed by atoms with Crippen molar-refractivity contribution in [1.29, 1.82) is 0 Å². The van der Waals surface area contributed by atoms with E-state index in [0.717, 1.165) is 24.5 Å². The van der Waals surface area contributed by atoms with Gasteiger partial charge < -0.3 is 20.3 Å². The van der Waals surface area contributed by atoms with E-state index in [2.05, 4.69) is 6.92 Å². The molecular formula is C15H25NO3. The lowest BCUT2D eigenvalue weighted by atomic mass is 9.97. The van der Waals surface area contributed by atoms with Gasteiger partial charge >= 0.3 is 0 Å². The summed E-state index contributed by atoms with van der Waals surface area (Å²) in [6.45, 7) is 6.50. The third-order valence-corrected chi connectivity index (χ3v) is 2.75. The normalized spacial score (nSPS) is 15.6. The summed E-state index contributed by atoms with van der Waals surface area (Å²) in [4.78, 5) is 0. The van der Waals surface area contributed by atoms with Gasteiger partial charge in [-0.1, -0.05) is 6.92 Å². The number of aliphatic hydroxyl groups is 1. The second kappa shape index (κ2) is 7.36. The Morgan fingerprint density at radius 3 is 2.37 bits per heavy atom. The Morgan fingerprint density at radius 1 is 1.26 bits per heavy atom. The number of rotatable bonds is 8. The largest absolute Gasteiger partial charge is 0.494 e. The molecule has 2 unspecified atom stereocenters. The minimum Gasteiger partial charge on any atom is -0.494 e. The zero-order chi connectivity index (χ0) is 14.3. The van der Waals surface area contributed by atoms with Crippen LogP contribution in [0.5, 0.6) is 11.5 Å². The van der Waals surface area contributed by atoms with Crippen molar-refractivity contribution in [2.45, 2.75) is 45.3 Å². The maximum Gasteiger partial charge on any atom is 0.119 e. The van der Waals surface area contributed by atoms with Gasteiger partial charge in [-0.2, -0.15) is 0 Å². The van der Waals surface area contributed by atoms with Crippen LogP contribution < -0.4 is 15.2 Å². The van der Waals surface area contributed by atoms with Crippen LogP contribution in [-0.2, 0) is 0 Å². The van der Waals surface area contributed by atoms with Gasteiger partial charge in [-0.15, -0.1) is 0 Å². The van der Waals surface area contributed by atoms with Crippen molar-refractivity contribution in [2.75, 3.05) is 13.2 Å². The van der Waals surface area contributed by atoms with Gasteiger partial charge in [0.1, 0.15) is 11.5 Å². The highest BCUT2D eigenvalue weighted by atomic mass is 16.5. The van der Waals surface area contributed by atoms with Crippen LogP contribution in [-0.4, -0.2) is 30.0 Å². The third-order valence-electron chi connectivity index (χ3n) is 2.75. The van der Waals surface area contributed by atoms with Crippen LogP contribution in [0.4, 0.5) is 0 Å². The Morgan fingerprint density at radius 2 is 1.84 bits per heavy atom. The molecule has 0 aliphatic rings. The van der Waals surface area contributed by atoms with E-state index in [1.807, 2.05) is 38.1 Å². The first kappa shape index (κ1) is 15.8. The summed E-state index contributed by atoms with van der Waals surface area (Å²) in [5, 5.41) is 9.13. The maximum atomic E-state index is 9.13. The molecule has 1 aromatic rings. The predicted octanol–water partition coefficient (Wildman–Crippen LogP) is 2.34. The Labute approximate surface area is 115 Å². The van der Waals surface area contributed by atoms with E-state index in [1.165, 1.54) is 0 Å². The van der Waals surface area contributed by atoms with E-state index in [1.54, 1.807) is 0 Å². The molecule has 1 rings (SSSR count). The van der Waals surface area contributed by atoms with Crippen LogP contribution >= 0.6 is 0 Å². The molecule has 4 nitrogen and oxygen atoms in total. The minimum atomic E-state index is -0.608. The van der Waals surface area contributed by atoms with E-state index >= 15 is 0 Å². The summed E-state index contributed by atoms with van der Waals surface area (Å²) < 4.78 is 11.3. The van der Waals surface area contributed by atoms with Gasteiger partial charge in [0.15, 0.2) is 0 Å². The van der Waals surface area contributed by atoms with Gasteiger partial charge in [-0.3, -0.25) is 0 Å². The number of hydrogen-bond acceptors (Lipinski definition) is 4. The van der Waals surface area contributed by atoms with E-state index in [0.29, 0.717) is 6.42 Å². The molecule has 0 saturated carbocycles. The zero-order valence-electron chi connectivity index (χ0n) is 12.1. The van der Waals surface area contributed by atoms with Gasteiger partial charge in [-0.05, 0) is 44.5 Å². The lowest BCUT2D eigenvalue weighted by Crippen LogP contribution is -2.43. The highest BCUT2D eigenvalue weighted by Gasteiger charge is 2.21. The highest BCUT2D eigenvalue weighted by Crippen LogP contribution is 2.20. The fourth-order valence-electron chi connectivity index (χ4n) is 1.83. The molecule has 0 amide bonds. The van der Waals surface area contributed by atoms with Gasteiger partial charge in [0, 0.05) is 12.0 Å². The average molecular weight is 267 g/mol. The van der Waals surface area contributed by atoms with Crippen LogP contribution in [0.1, 0.15) is 33.6 Å². The molecule has 0 aliphatic heterocycles. The van der Waals surface area contributed by atoms with E-state index < -0.39 is 5.54 Å². The number of nitrogens with two attached hydrogens (primary N) is 1. The number of ether oxygens (including phenoxy) is 2. The van der Waals surface area contributed by atoms with Crippen LogP contribution in [0, 0.1) is 0 Å². The molecule has 0 saturated heterocycles. The third kappa shape index (κ3) is 5.94. The molecule has 4 heteroatoms. The Kier molecular flexibility index (Phi) is 6.12. The summed E-state index contributed by atoms with van der Waals surface area (Å²) in [6.07, 6.45) is 1.54. The molecule has 0 fully saturated rings. The highest BCUT2D eigenvalue weighted by molar-refractivity contribution is 5.31. The van der Waals surface area contributed by atoms with E-state index in [4.69, 9.17) is 20.3 Å². The molecule has 0 heterocycles. The molecular weight excluding hydrogens is 242 g/mol. The van der Waals surface area contributed by atoms with Gasteiger partial charge in [-0.25, -0.2) is 0 Å². The molecule has 0 aromatic heterocycles. The van der Waals surface area contributed by atoms with Crippen molar-refractivity contribution >= 4 is 0 Å². The number of hydrogen-bond donors (Lipinski definition) is 2. The van der Waals surface area contributed by atoms with Crippen molar-refractivity contribution in [3.05, 3.63) is 24.3 Å². The fraction of sp³-hybridized carbons (Fsp3) is 0.600. The average Bonchev–Trinajstić information content (AvgIpc) is 2.37. The molecule has 0 aliphatic carbocycles. The van der Waals surface area contributed by atoms with Crippen LogP contribution in [0.15, 0.2) is 24.3 Å². The van der Waals surface area contributed by atoms with Gasteiger partial charge in [0.2, 0.25) is 0 Å². The summed E-state index contributed by atoms with van der Waals surface area (Å²) in [7, 11) is 0. The fourth-order valence-corrected chi connectivity index (χ4v) is 1.83. The van der Waals surface area contributed by atoms with Crippen LogP contribution in [0.2, 0.25) is 0 Å². The molecule has 19 heavy (non-hydrogen) atoms. The lowest BCUT2D eigenvalue weighted by molar-refractivity contribution is 0.133. The van der Waals surface area contributed by atoms with Crippen molar-refractivity contribution < 1.29 is 14.6 Å². The second-order valence-electron chi connectivity index (χ2n) is 5.26. The molecule has 0 bridgehead atoms. The van der Waals surface area contributed by atoms with Crippen molar-refractivity contribution in [3.8, 4) is 11.5 Å². The first-order valence-corrected chi connectivity index (χ1v) is 6.76. The second-order valence-corrected chi connectivity index (χ2v) is 5.26. The van der Waals surface area contributed by atoms with E-state index in [9.17, 15) is 0 Å². The van der Waals surface area contributed by atoms with Crippen molar-refractivity contribution in [2.24, 2.45) is 5.73 Å². The van der Waals surface area contributed by atoms with Gasteiger partial charge in [0.05, 0.1) is 19.3 Å². The molecule has 3 N–H and O–H groups in total. The first-order valence-electron chi connectivity index (χ1n) is 6.76. The predicted molar refractivity (Wildman–Crippen MR) is 76.6 cm³/mol. The topological polar surface area (TPSA) is 64.7 Å². The quantitative estimate of drug-likeness (QED) is 0.759. The van der Waals surface area contributed by atoms with Crippen molar-refractivity contribution in [3.63, 3.8) is 0 Å². The number of aliphatic hydroxyl groups excluding tert-OH is 1. The standard InChI is InChI=1S/C15H25NO3/c1-4-9-18-13-5-7-14(8-6-13)19-12(2)10-15(3,16)11-17/h5-8,12,17H,4,9-11,16H2,1-3H3. The number of benzene rings is 1. The molecule has 0 radical (unpaired) electrons. The Bertz CT molecular complexity index is 362. The van der Waals surface area contributed by atoms with Crippen molar-refractivity contribution in [1.82, 2.24) is 0 Å². The van der Waals surface area contributed by atoms with Gasteiger partial charge in [0.25, 0.3) is 0 Å². The molecule has 2 atom stereocenters. The molecule has 0 spiro atoms. The monoisotopic (exact) mass is 267 g/mol. The SMILES string of the molecule is CCCOc1ccc(OC(C)CC(C)(N)CO)cc1. The summed E-state index contributed by atoms with van der Waals surface area (Å²) >= 11 is 0. The summed E-state index contributed by atoms with van der Waals surface area (Å²) in [5.74, 6) is 1.63. The van der Waals surface area contributed by atoms with E-state index in [-0.39, 0.29) is 12.7 Å². The maximum absolute atomic E-state index is 9.13. The molecule has 1 aromatic carbocycles. The zero-order valence-corrected chi connectivity index (χ0v) is 12.1. The Hall–Kier alpha value is -1.26. The Balaban J connectivity index is 2.48. The minimum absolute atomic E-state index is 0.0511. The van der Waals surface area contributed by atoms with Crippen LogP contribution in [0.3, 0.4) is 0 Å². The summed E-state index contributed by atoms with van der Waals surface area (Å²) in [6, 6.07) is 7.55.